The summed E-state index contributed by atoms with van der Waals surface area (Å²) >= 11 is 0. The second-order valence-electron chi connectivity index (χ2n) is 7.10. The van der Waals surface area contributed by atoms with Crippen LogP contribution in [0.1, 0.15) is 31.7 Å². The third kappa shape index (κ3) is 6.92. The molecule has 1 aromatic carbocycles. The topological polar surface area (TPSA) is 99.2 Å². The average Bonchev–Trinajstić information content (AvgIpc) is 3.04. The molecule has 1 atom stereocenters. The molecule has 1 unspecified atom stereocenters. The Bertz CT molecular complexity index is 822. The highest BCUT2D eigenvalue weighted by Crippen LogP contribution is 2.27. The van der Waals surface area contributed by atoms with E-state index in [4.69, 9.17) is 14.2 Å². The second kappa shape index (κ2) is 10.5. The van der Waals surface area contributed by atoms with Crippen molar-refractivity contribution in [2.75, 3.05) is 38.4 Å². The van der Waals surface area contributed by atoms with Crippen molar-refractivity contribution in [3.05, 3.63) is 23.8 Å². The SMILES string of the molecule is CCCCN(C(=O)COC(=O)COc1ccc(C)cc1OC)C1CCS(=O)(=O)C1. The number of hydrogen-bond acceptors (Lipinski definition) is 7. The second-order valence-corrected chi connectivity index (χ2v) is 9.33. The predicted molar refractivity (Wildman–Crippen MR) is 108 cm³/mol. The number of sulfone groups is 1. The molecule has 0 aliphatic carbocycles. The Morgan fingerprint density at radius 2 is 1.97 bits per heavy atom. The minimum absolute atomic E-state index is 0.0350. The number of hydrogen-bond donors (Lipinski definition) is 0. The summed E-state index contributed by atoms with van der Waals surface area (Å²) < 4.78 is 39.2. The van der Waals surface area contributed by atoms with E-state index in [2.05, 4.69) is 0 Å². The van der Waals surface area contributed by atoms with Crippen LogP contribution < -0.4 is 9.47 Å². The van der Waals surface area contributed by atoms with Crippen molar-refractivity contribution in [2.24, 2.45) is 0 Å². The Morgan fingerprint density at radius 1 is 1.21 bits per heavy atom. The molecule has 0 radical (unpaired) electrons. The molecule has 29 heavy (non-hydrogen) atoms. The molecule has 0 spiro atoms. The molecule has 1 saturated heterocycles. The van der Waals surface area contributed by atoms with Gasteiger partial charge >= 0.3 is 5.97 Å². The molecule has 162 valence electrons. The average molecular weight is 428 g/mol. The van der Waals surface area contributed by atoms with Crippen LogP contribution in [0.4, 0.5) is 0 Å². The molecule has 2 rings (SSSR count). The molecule has 0 saturated carbocycles. The number of nitrogens with zero attached hydrogens (tertiary/aromatic N) is 1. The van der Waals surface area contributed by atoms with Gasteiger partial charge < -0.3 is 19.1 Å². The van der Waals surface area contributed by atoms with E-state index in [-0.39, 0.29) is 30.1 Å². The van der Waals surface area contributed by atoms with Crippen LogP contribution in [-0.2, 0) is 24.2 Å². The maximum Gasteiger partial charge on any atom is 0.344 e. The summed E-state index contributed by atoms with van der Waals surface area (Å²) in [7, 11) is -1.61. The minimum atomic E-state index is -3.11. The van der Waals surface area contributed by atoms with Crippen molar-refractivity contribution in [1.29, 1.82) is 0 Å². The maximum atomic E-state index is 12.6. The lowest BCUT2D eigenvalue weighted by Gasteiger charge is -2.28. The molecule has 1 aliphatic heterocycles. The Kier molecular flexibility index (Phi) is 8.31. The monoisotopic (exact) mass is 427 g/mol. The van der Waals surface area contributed by atoms with Crippen LogP contribution in [0.3, 0.4) is 0 Å². The summed E-state index contributed by atoms with van der Waals surface area (Å²) in [4.78, 5) is 26.1. The quantitative estimate of drug-likeness (QED) is 0.525. The summed E-state index contributed by atoms with van der Waals surface area (Å²) in [5, 5.41) is 0. The first-order valence-electron chi connectivity index (χ1n) is 9.68. The van der Waals surface area contributed by atoms with E-state index in [0.717, 1.165) is 18.4 Å². The first-order valence-corrected chi connectivity index (χ1v) is 11.5. The van der Waals surface area contributed by atoms with Gasteiger partial charge in [0.15, 0.2) is 34.6 Å². The first-order chi connectivity index (χ1) is 13.8. The van der Waals surface area contributed by atoms with Gasteiger partial charge in [-0.05, 0) is 37.5 Å². The van der Waals surface area contributed by atoms with Gasteiger partial charge in [0, 0.05) is 12.6 Å². The molecule has 1 fully saturated rings. The molecule has 8 nitrogen and oxygen atoms in total. The van der Waals surface area contributed by atoms with Gasteiger partial charge in [-0.2, -0.15) is 0 Å². The van der Waals surface area contributed by atoms with Gasteiger partial charge in [-0.3, -0.25) is 4.79 Å². The standard InChI is InChI=1S/C20H29NO7S/c1-4-5-9-21(16-8-10-29(24,25)14-16)19(22)12-28-20(23)13-27-17-7-6-15(2)11-18(17)26-3/h6-7,11,16H,4-5,8-10,12-14H2,1-3H3. The van der Waals surface area contributed by atoms with E-state index >= 15 is 0 Å². The summed E-state index contributed by atoms with van der Waals surface area (Å²) in [6, 6.07) is 4.95. The fourth-order valence-corrected chi connectivity index (χ4v) is 4.89. The Labute approximate surface area is 172 Å². The van der Waals surface area contributed by atoms with Gasteiger partial charge in [0.25, 0.3) is 5.91 Å². The highest BCUT2D eigenvalue weighted by atomic mass is 32.2. The fourth-order valence-electron chi connectivity index (χ4n) is 3.16. The summed E-state index contributed by atoms with van der Waals surface area (Å²) in [5.41, 5.74) is 0.989. The Hall–Kier alpha value is -2.29. The Balaban J connectivity index is 1.87. The van der Waals surface area contributed by atoms with Crippen LogP contribution >= 0.6 is 0 Å². The number of methoxy groups -OCH3 is 1. The van der Waals surface area contributed by atoms with Gasteiger partial charge in [0.1, 0.15) is 0 Å². The normalized spacial score (nSPS) is 17.6. The molecule has 1 heterocycles. The van der Waals surface area contributed by atoms with Crippen LogP contribution in [-0.4, -0.2) is 69.6 Å². The number of carbonyl (C=O) groups excluding carboxylic acids is 2. The molecule has 0 bridgehead atoms. The number of benzene rings is 1. The zero-order chi connectivity index (χ0) is 21.4. The van der Waals surface area contributed by atoms with Crippen molar-refractivity contribution in [3.63, 3.8) is 0 Å². The summed E-state index contributed by atoms with van der Waals surface area (Å²) in [6.45, 7) is 3.55. The molecule has 1 amide bonds. The zero-order valence-electron chi connectivity index (χ0n) is 17.2. The molecule has 0 N–H and O–H groups in total. The lowest BCUT2D eigenvalue weighted by Crippen LogP contribution is -2.44. The third-order valence-corrected chi connectivity index (χ3v) is 6.49. The molecule has 1 aromatic rings. The van der Waals surface area contributed by atoms with E-state index in [1.807, 2.05) is 19.9 Å². The molecular weight excluding hydrogens is 398 g/mol. The van der Waals surface area contributed by atoms with E-state index in [9.17, 15) is 18.0 Å². The van der Waals surface area contributed by atoms with Gasteiger partial charge in [0.2, 0.25) is 0 Å². The number of unbranched alkanes of at least 4 members (excludes halogenated alkanes) is 1. The summed E-state index contributed by atoms with van der Waals surface area (Å²) in [5.74, 6) is -0.117. The summed E-state index contributed by atoms with van der Waals surface area (Å²) in [6.07, 6.45) is 2.05. The molecule has 0 aromatic heterocycles. The smallest absolute Gasteiger partial charge is 0.344 e. The number of ether oxygens (including phenoxy) is 3. The van der Waals surface area contributed by atoms with E-state index in [1.54, 1.807) is 12.1 Å². The zero-order valence-corrected chi connectivity index (χ0v) is 18.0. The molecule has 1 aliphatic rings. The number of aryl methyl sites for hydroxylation is 1. The number of esters is 1. The van der Waals surface area contributed by atoms with Crippen molar-refractivity contribution in [1.82, 2.24) is 4.90 Å². The first kappa shape index (κ1) is 23.0. The highest BCUT2D eigenvalue weighted by Gasteiger charge is 2.34. The van der Waals surface area contributed by atoms with E-state index in [0.29, 0.717) is 24.5 Å². The maximum absolute atomic E-state index is 12.6. The predicted octanol–water partition coefficient (Wildman–Crippen LogP) is 1.74. The molecule has 9 heteroatoms. The number of carbonyl (C=O) groups is 2. The highest BCUT2D eigenvalue weighted by molar-refractivity contribution is 7.91. The Morgan fingerprint density at radius 3 is 2.59 bits per heavy atom. The van der Waals surface area contributed by atoms with Gasteiger partial charge in [0.05, 0.1) is 18.6 Å². The van der Waals surface area contributed by atoms with Crippen molar-refractivity contribution < 1.29 is 32.2 Å². The third-order valence-electron chi connectivity index (χ3n) is 4.74. The number of amides is 1. The number of rotatable bonds is 10. The van der Waals surface area contributed by atoms with Crippen LogP contribution in [0.25, 0.3) is 0 Å². The lowest BCUT2D eigenvalue weighted by atomic mass is 10.2. The van der Waals surface area contributed by atoms with Crippen LogP contribution in [0, 0.1) is 6.92 Å². The fraction of sp³-hybridized carbons (Fsp3) is 0.600. The van der Waals surface area contributed by atoms with Gasteiger partial charge in [-0.15, -0.1) is 0 Å². The van der Waals surface area contributed by atoms with E-state index < -0.39 is 22.4 Å². The van der Waals surface area contributed by atoms with Crippen LogP contribution in [0.2, 0.25) is 0 Å². The van der Waals surface area contributed by atoms with Crippen molar-refractivity contribution in [2.45, 2.75) is 39.2 Å². The van der Waals surface area contributed by atoms with E-state index in [1.165, 1.54) is 12.0 Å². The van der Waals surface area contributed by atoms with Crippen molar-refractivity contribution >= 4 is 21.7 Å². The van der Waals surface area contributed by atoms with Crippen LogP contribution in [0.5, 0.6) is 11.5 Å². The van der Waals surface area contributed by atoms with Crippen molar-refractivity contribution in [3.8, 4) is 11.5 Å². The largest absolute Gasteiger partial charge is 0.493 e. The van der Waals surface area contributed by atoms with Crippen LogP contribution in [0.15, 0.2) is 18.2 Å². The lowest BCUT2D eigenvalue weighted by molar-refractivity contribution is -0.154. The van der Waals surface area contributed by atoms with Gasteiger partial charge in [-0.1, -0.05) is 19.4 Å². The molecular formula is C20H29NO7S. The van der Waals surface area contributed by atoms with Gasteiger partial charge in [-0.25, -0.2) is 13.2 Å². The minimum Gasteiger partial charge on any atom is -0.493 e.